The van der Waals surface area contributed by atoms with Crippen molar-refractivity contribution >= 4 is 11.0 Å². The summed E-state index contributed by atoms with van der Waals surface area (Å²) in [4.78, 5) is 15.2. The molecule has 176 valence electrons. The lowest BCUT2D eigenvalue weighted by Gasteiger charge is -2.31. The van der Waals surface area contributed by atoms with Gasteiger partial charge in [0.25, 0.3) is 5.76 Å². The van der Waals surface area contributed by atoms with Gasteiger partial charge in [0.15, 0.2) is 0 Å². The van der Waals surface area contributed by atoms with E-state index in [0.29, 0.717) is 11.7 Å². The molecule has 0 bridgehead atoms. The molecule has 4 rings (SSSR count). The van der Waals surface area contributed by atoms with Crippen LogP contribution < -0.4 is 14.9 Å². The normalized spacial score (nSPS) is 17.3. The maximum Gasteiger partial charge on any atom is 0.453 e. The van der Waals surface area contributed by atoms with Crippen molar-refractivity contribution in [3.63, 3.8) is 0 Å². The Bertz CT molecular complexity index is 1220. The summed E-state index contributed by atoms with van der Waals surface area (Å²) in [5.74, 6) is -1.97. The molecule has 2 aromatic carbocycles. The van der Waals surface area contributed by atoms with Gasteiger partial charge in [-0.25, -0.2) is 0 Å². The lowest BCUT2D eigenvalue weighted by atomic mass is 9.99. The number of likely N-dealkylation sites (tertiary alicyclic amines) is 1. The highest BCUT2D eigenvalue weighted by Crippen LogP contribution is 2.40. The van der Waals surface area contributed by atoms with Gasteiger partial charge in [-0.1, -0.05) is 13.0 Å². The zero-order chi connectivity index (χ0) is 23.8. The maximum atomic E-state index is 13.9. The lowest BCUT2D eigenvalue weighted by Crippen LogP contribution is -2.33. The number of nitrogens with zero attached hydrogens (tertiary/aromatic N) is 1. The number of hydrogen-bond donors (Lipinski definition) is 1. The van der Waals surface area contributed by atoms with E-state index in [1.165, 1.54) is 37.4 Å². The monoisotopic (exact) mass is 463 g/mol. The number of hydrogen-bond acceptors (Lipinski definition) is 6. The molecule has 0 saturated carbocycles. The van der Waals surface area contributed by atoms with Crippen molar-refractivity contribution in [2.75, 3.05) is 20.2 Å². The van der Waals surface area contributed by atoms with E-state index in [1.54, 1.807) is 6.07 Å². The Labute approximate surface area is 188 Å². The number of fused-ring (bicyclic) bond motifs is 1. The maximum absolute atomic E-state index is 13.9. The standard InChI is InChI=1S/C24H24F3NO5/c1-14-5-4-10-28(12-14)13-18-19(29)9-8-17-20(30)22(23(24(25,26)27)33-21(17)18)32-16-7-3-6-15(11-16)31-2/h3,6-9,11,14,29H,4-5,10,12-13H2,1-2H3. The summed E-state index contributed by atoms with van der Waals surface area (Å²) in [6.45, 7) is 3.75. The molecule has 1 aromatic heterocycles. The number of benzene rings is 2. The highest BCUT2D eigenvalue weighted by Gasteiger charge is 2.41. The fourth-order valence-corrected chi connectivity index (χ4v) is 4.16. The van der Waals surface area contributed by atoms with Gasteiger partial charge < -0.3 is 19.0 Å². The summed E-state index contributed by atoms with van der Waals surface area (Å²) in [6, 6.07) is 8.44. The molecule has 6 nitrogen and oxygen atoms in total. The van der Waals surface area contributed by atoms with E-state index >= 15 is 0 Å². The topological polar surface area (TPSA) is 72.1 Å². The number of aromatic hydroxyl groups is 1. The molecular formula is C24H24F3NO5. The number of rotatable bonds is 5. The minimum Gasteiger partial charge on any atom is -0.507 e. The average Bonchev–Trinajstić information content (AvgIpc) is 2.77. The van der Waals surface area contributed by atoms with Crippen LogP contribution in [0.5, 0.6) is 23.0 Å². The largest absolute Gasteiger partial charge is 0.507 e. The third-order valence-corrected chi connectivity index (χ3v) is 5.74. The van der Waals surface area contributed by atoms with Crippen molar-refractivity contribution < 1.29 is 32.2 Å². The first-order chi connectivity index (χ1) is 15.7. The Morgan fingerprint density at radius 2 is 1.97 bits per heavy atom. The third kappa shape index (κ3) is 4.78. The molecule has 0 spiro atoms. The Kier molecular flexibility index (Phi) is 6.25. The number of ether oxygens (including phenoxy) is 2. The van der Waals surface area contributed by atoms with Gasteiger partial charge in [-0.05, 0) is 49.6 Å². The molecule has 1 aliphatic heterocycles. The van der Waals surface area contributed by atoms with Gasteiger partial charge in [-0.3, -0.25) is 9.69 Å². The highest BCUT2D eigenvalue weighted by atomic mass is 19.4. The molecule has 1 atom stereocenters. The molecule has 33 heavy (non-hydrogen) atoms. The van der Waals surface area contributed by atoms with Crippen LogP contribution in [0.4, 0.5) is 13.2 Å². The predicted octanol–water partition coefficient (Wildman–Crippen LogP) is 5.55. The smallest absolute Gasteiger partial charge is 0.453 e. The first-order valence-corrected chi connectivity index (χ1v) is 10.6. The molecule has 2 heterocycles. The van der Waals surface area contributed by atoms with Crippen molar-refractivity contribution in [2.45, 2.75) is 32.5 Å². The minimum atomic E-state index is -5.00. The van der Waals surface area contributed by atoms with Crippen LogP contribution in [0.15, 0.2) is 45.6 Å². The van der Waals surface area contributed by atoms with E-state index in [-0.39, 0.29) is 34.6 Å². The molecule has 1 N–H and O–H groups in total. The second kappa shape index (κ2) is 8.97. The lowest BCUT2D eigenvalue weighted by molar-refractivity contribution is -0.154. The SMILES string of the molecule is COc1cccc(Oc2c(C(F)(F)F)oc3c(CN4CCCC(C)C4)c(O)ccc3c2=O)c1. The van der Waals surface area contributed by atoms with Gasteiger partial charge in [0.2, 0.25) is 11.2 Å². The van der Waals surface area contributed by atoms with Crippen LogP contribution in [-0.2, 0) is 12.7 Å². The molecular weight excluding hydrogens is 439 g/mol. The Hall–Kier alpha value is -3.20. The Morgan fingerprint density at radius 1 is 1.21 bits per heavy atom. The molecule has 9 heteroatoms. The molecule has 1 fully saturated rings. The van der Waals surface area contributed by atoms with Crippen LogP contribution in [0.1, 0.15) is 31.1 Å². The summed E-state index contributed by atoms with van der Waals surface area (Å²) < 4.78 is 57.5. The van der Waals surface area contributed by atoms with E-state index in [0.717, 1.165) is 25.9 Å². The van der Waals surface area contributed by atoms with Gasteiger partial charge in [-0.2, -0.15) is 13.2 Å². The second-order valence-corrected chi connectivity index (χ2v) is 8.29. The van der Waals surface area contributed by atoms with E-state index in [1.807, 2.05) is 4.90 Å². The summed E-state index contributed by atoms with van der Waals surface area (Å²) >= 11 is 0. The molecule has 0 radical (unpaired) electrons. The number of phenols is 1. The minimum absolute atomic E-state index is 0.00666. The summed E-state index contributed by atoms with van der Waals surface area (Å²) in [7, 11) is 1.40. The summed E-state index contributed by atoms with van der Waals surface area (Å²) in [5, 5.41) is 10.3. The number of phenolic OH excluding ortho intramolecular Hbond substituents is 1. The van der Waals surface area contributed by atoms with Crippen LogP contribution in [0.2, 0.25) is 0 Å². The van der Waals surface area contributed by atoms with Crippen LogP contribution in [0.3, 0.4) is 0 Å². The van der Waals surface area contributed by atoms with Crippen LogP contribution in [0.25, 0.3) is 11.0 Å². The Balaban J connectivity index is 1.85. The summed E-state index contributed by atoms with van der Waals surface area (Å²) in [6.07, 6.45) is -2.98. The molecule has 1 saturated heterocycles. The summed E-state index contributed by atoms with van der Waals surface area (Å²) in [5.41, 5.74) is -1.11. The zero-order valence-corrected chi connectivity index (χ0v) is 18.2. The number of piperidine rings is 1. The predicted molar refractivity (Wildman–Crippen MR) is 116 cm³/mol. The zero-order valence-electron chi connectivity index (χ0n) is 18.2. The molecule has 0 aliphatic carbocycles. The molecule has 1 unspecified atom stereocenters. The van der Waals surface area contributed by atoms with Gasteiger partial charge >= 0.3 is 6.18 Å². The fourth-order valence-electron chi connectivity index (χ4n) is 4.16. The van der Waals surface area contributed by atoms with Crippen molar-refractivity contribution in [1.29, 1.82) is 0 Å². The third-order valence-electron chi connectivity index (χ3n) is 5.74. The van der Waals surface area contributed by atoms with E-state index < -0.39 is 23.1 Å². The first-order valence-electron chi connectivity index (χ1n) is 10.6. The van der Waals surface area contributed by atoms with E-state index in [4.69, 9.17) is 13.9 Å². The molecule has 0 amide bonds. The fraction of sp³-hybridized carbons (Fsp3) is 0.375. The van der Waals surface area contributed by atoms with Gasteiger partial charge in [0.05, 0.1) is 18.1 Å². The highest BCUT2D eigenvalue weighted by molar-refractivity contribution is 5.83. The number of halogens is 3. The van der Waals surface area contributed by atoms with Gasteiger partial charge in [0.1, 0.15) is 22.8 Å². The quantitative estimate of drug-likeness (QED) is 0.535. The number of alkyl halides is 3. The van der Waals surface area contributed by atoms with Crippen molar-refractivity contribution in [3.05, 3.63) is 57.9 Å². The first kappa shape index (κ1) is 23.0. The van der Waals surface area contributed by atoms with Gasteiger partial charge in [0, 0.05) is 19.2 Å². The molecule has 1 aliphatic rings. The van der Waals surface area contributed by atoms with Crippen LogP contribution >= 0.6 is 0 Å². The van der Waals surface area contributed by atoms with E-state index in [2.05, 4.69) is 6.92 Å². The van der Waals surface area contributed by atoms with Crippen molar-refractivity contribution in [3.8, 4) is 23.0 Å². The average molecular weight is 463 g/mol. The van der Waals surface area contributed by atoms with Crippen LogP contribution in [-0.4, -0.2) is 30.2 Å². The Morgan fingerprint density at radius 3 is 2.67 bits per heavy atom. The van der Waals surface area contributed by atoms with Crippen molar-refractivity contribution in [1.82, 2.24) is 4.90 Å². The van der Waals surface area contributed by atoms with Gasteiger partial charge in [-0.15, -0.1) is 0 Å². The second-order valence-electron chi connectivity index (χ2n) is 8.29. The van der Waals surface area contributed by atoms with Crippen LogP contribution in [0, 0.1) is 5.92 Å². The molecule has 3 aromatic rings. The number of methoxy groups -OCH3 is 1. The van der Waals surface area contributed by atoms with E-state index in [9.17, 15) is 23.1 Å². The van der Waals surface area contributed by atoms with Crippen molar-refractivity contribution in [2.24, 2.45) is 5.92 Å².